The topological polar surface area (TPSA) is 116 Å². The Labute approximate surface area is 176 Å². The number of methoxy groups -OCH3 is 1. The van der Waals surface area contributed by atoms with Gasteiger partial charge in [-0.1, -0.05) is 36.0 Å². The lowest BCUT2D eigenvalue weighted by atomic mass is 9.92. The molecule has 9 nitrogen and oxygen atoms in total. The minimum atomic E-state index is -1.29. The van der Waals surface area contributed by atoms with Gasteiger partial charge in [0.2, 0.25) is 5.91 Å². The van der Waals surface area contributed by atoms with Gasteiger partial charge in [-0.2, -0.15) is 5.01 Å². The average Bonchev–Trinajstić information content (AvgIpc) is 3.27. The number of ether oxygens (including phenoxy) is 1. The highest BCUT2D eigenvalue weighted by Crippen LogP contribution is 2.29. The molecule has 0 radical (unpaired) electrons. The normalized spacial score (nSPS) is 18.5. The summed E-state index contributed by atoms with van der Waals surface area (Å²) >= 11 is 1.18. The van der Waals surface area contributed by atoms with Gasteiger partial charge in [0.05, 0.1) is 23.9 Å². The van der Waals surface area contributed by atoms with E-state index in [1.807, 2.05) is 24.3 Å². The molecule has 1 atom stereocenters. The Kier molecular flexibility index (Phi) is 5.08. The first-order valence-corrected chi connectivity index (χ1v) is 10.1. The maximum absolute atomic E-state index is 12.9. The smallest absolute Gasteiger partial charge is 0.344 e. The molecule has 4 amide bonds. The van der Waals surface area contributed by atoms with Gasteiger partial charge in [-0.3, -0.25) is 15.0 Å². The molecule has 1 unspecified atom stereocenters. The quantitative estimate of drug-likeness (QED) is 0.412. The van der Waals surface area contributed by atoms with Crippen LogP contribution in [-0.4, -0.2) is 45.7 Å². The van der Waals surface area contributed by atoms with Crippen molar-refractivity contribution in [2.45, 2.75) is 17.6 Å². The van der Waals surface area contributed by atoms with Crippen molar-refractivity contribution in [3.05, 3.63) is 54.1 Å². The van der Waals surface area contributed by atoms with Crippen LogP contribution >= 0.6 is 11.8 Å². The third-order valence-corrected chi connectivity index (χ3v) is 5.68. The van der Waals surface area contributed by atoms with Gasteiger partial charge >= 0.3 is 6.03 Å². The van der Waals surface area contributed by atoms with Gasteiger partial charge in [0, 0.05) is 0 Å². The molecule has 0 bridgehead atoms. The highest BCUT2D eigenvalue weighted by molar-refractivity contribution is 7.99. The minimum Gasteiger partial charge on any atom is -0.497 e. The van der Waals surface area contributed by atoms with Gasteiger partial charge < -0.3 is 15.0 Å². The first-order chi connectivity index (χ1) is 14.4. The number of rotatable bonds is 6. The van der Waals surface area contributed by atoms with E-state index < -0.39 is 23.4 Å². The van der Waals surface area contributed by atoms with E-state index in [2.05, 4.69) is 20.7 Å². The van der Waals surface area contributed by atoms with Crippen molar-refractivity contribution in [1.29, 1.82) is 0 Å². The summed E-state index contributed by atoms with van der Waals surface area (Å²) in [5, 5.41) is 3.93. The van der Waals surface area contributed by atoms with Crippen LogP contribution < -0.4 is 15.5 Å². The number of H-pyrrole nitrogens is 1. The molecule has 1 aliphatic heterocycles. The number of imidazole rings is 1. The first-order valence-electron chi connectivity index (χ1n) is 9.09. The lowest BCUT2D eigenvalue weighted by Gasteiger charge is -2.22. The number of hydrazine groups is 1. The monoisotopic (exact) mass is 425 g/mol. The molecule has 1 fully saturated rings. The summed E-state index contributed by atoms with van der Waals surface area (Å²) in [5.74, 6) is -0.453. The second kappa shape index (κ2) is 7.71. The molecule has 1 aliphatic rings. The molecule has 30 heavy (non-hydrogen) atoms. The van der Waals surface area contributed by atoms with Crippen molar-refractivity contribution < 1.29 is 19.1 Å². The number of urea groups is 1. The fraction of sp³-hybridized carbons (Fsp3) is 0.200. The van der Waals surface area contributed by atoms with Crippen molar-refractivity contribution in [3.8, 4) is 5.75 Å². The SMILES string of the molecule is COc1ccc(C2(C)NC(=O)N(NC(=O)CSc3nc4ccccc4[nH]3)C2=O)cc1. The number of carbonyl (C=O) groups is 3. The first kappa shape index (κ1) is 19.8. The summed E-state index contributed by atoms with van der Waals surface area (Å²) in [5.41, 5.74) is 3.33. The molecule has 3 N–H and O–H groups in total. The van der Waals surface area contributed by atoms with E-state index in [4.69, 9.17) is 4.74 Å². The minimum absolute atomic E-state index is 0.0177. The number of nitrogens with one attached hydrogen (secondary N) is 3. The van der Waals surface area contributed by atoms with Gasteiger partial charge in [0.15, 0.2) is 5.16 Å². The Hall–Kier alpha value is -3.53. The van der Waals surface area contributed by atoms with Crippen molar-refractivity contribution in [2.75, 3.05) is 12.9 Å². The molecule has 3 aromatic rings. The Morgan fingerprint density at radius 2 is 1.93 bits per heavy atom. The number of para-hydroxylation sites is 2. The zero-order chi connectivity index (χ0) is 21.3. The zero-order valence-corrected chi connectivity index (χ0v) is 17.1. The van der Waals surface area contributed by atoms with E-state index in [1.165, 1.54) is 11.8 Å². The van der Waals surface area contributed by atoms with Gasteiger partial charge in [0.25, 0.3) is 5.91 Å². The van der Waals surface area contributed by atoms with E-state index >= 15 is 0 Å². The van der Waals surface area contributed by atoms with Gasteiger partial charge in [-0.25, -0.2) is 9.78 Å². The van der Waals surface area contributed by atoms with Crippen LogP contribution in [0.2, 0.25) is 0 Å². The highest BCUT2D eigenvalue weighted by atomic mass is 32.2. The van der Waals surface area contributed by atoms with E-state index in [1.54, 1.807) is 38.3 Å². The summed E-state index contributed by atoms with van der Waals surface area (Å²) in [4.78, 5) is 45.1. The predicted molar refractivity (Wildman–Crippen MR) is 111 cm³/mol. The van der Waals surface area contributed by atoms with Crippen molar-refractivity contribution in [3.63, 3.8) is 0 Å². The standard InChI is InChI=1S/C20H19N5O4S/c1-20(12-7-9-13(29-2)10-8-12)17(27)25(19(28)23-20)24-16(26)11-30-18-21-14-5-3-4-6-15(14)22-18/h3-10H,11H2,1-2H3,(H,21,22)(H,23,28)(H,24,26). The fourth-order valence-electron chi connectivity index (χ4n) is 3.15. The van der Waals surface area contributed by atoms with E-state index in [9.17, 15) is 14.4 Å². The molecule has 0 aliphatic carbocycles. The molecule has 2 aromatic carbocycles. The summed E-state index contributed by atoms with van der Waals surface area (Å²) in [7, 11) is 1.54. The fourth-order valence-corrected chi connectivity index (χ4v) is 3.83. The lowest BCUT2D eigenvalue weighted by Crippen LogP contribution is -2.48. The Morgan fingerprint density at radius 3 is 2.63 bits per heavy atom. The van der Waals surface area contributed by atoms with Crippen LogP contribution in [0.15, 0.2) is 53.7 Å². The van der Waals surface area contributed by atoms with E-state index in [0.717, 1.165) is 11.0 Å². The van der Waals surface area contributed by atoms with Gasteiger partial charge in [-0.05, 0) is 36.8 Å². The van der Waals surface area contributed by atoms with E-state index in [0.29, 0.717) is 21.5 Å². The maximum atomic E-state index is 12.9. The number of imide groups is 1. The molecule has 2 heterocycles. The molecule has 10 heteroatoms. The summed E-state index contributed by atoms with van der Waals surface area (Å²) in [6.07, 6.45) is 0. The zero-order valence-electron chi connectivity index (χ0n) is 16.3. The lowest BCUT2D eigenvalue weighted by molar-refractivity contribution is -0.138. The Morgan fingerprint density at radius 1 is 1.20 bits per heavy atom. The number of aromatic nitrogens is 2. The van der Waals surface area contributed by atoms with Crippen LogP contribution in [-0.2, 0) is 15.1 Å². The number of fused-ring (bicyclic) bond motifs is 1. The molecule has 0 saturated carbocycles. The maximum Gasteiger partial charge on any atom is 0.344 e. The highest BCUT2D eigenvalue weighted by Gasteiger charge is 2.50. The largest absolute Gasteiger partial charge is 0.497 e. The third kappa shape index (κ3) is 3.57. The van der Waals surface area contributed by atoms with Crippen LogP contribution in [0.5, 0.6) is 5.75 Å². The Bertz CT molecular complexity index is 1100. The molecule has 4 rings (SSSR count). The van der Waals surface area contributed by atoms with Gasteiger partial charge in [-0.15, -0.1) is 0 Å². The summed E-state index contributed by atoms with van der Waals surface area (Å²) in [6, 6.07) is 13.6. The summed E-state index contributed by atoms with van der Waals surface area (Å²) < 4.78 is 5.12. The number of aromatic amines is 1. The molecule has 154 valence electrons. The van der Waals surface area contributed by atoms with Crippen molar-refractivity contribution in [2.24, 2.45) is 0 Å². The van der Waals surface area contributed by atoms with Gasteiger partial charge in [0.1, 0.15) is 11.3 Å². The molecule has 0 spiro atoms. The van der Waals surface area contributed by atoms with Crippen LogP contribution in [0.25, 0.3) is 11.0 Å². The number of carbonyl (C=O) groups excluding carboxylic acids is 3. The second-order valence-electron chi connectivity index (χ2n) is 6.81. The van der Waals surface area contributed by atoms with E-state index in [-0.39, 0.29) is 5.75 Å². The van der Waals surface area contributed by atoms with Crippen LogP contribution in [0.1, 0.15) is 12.5 Å². The number of thioether (sulfide) groups is 1. The molecule has 1 aromatic heterocycles. The predicted octanol–water partition coefficient (Wildman–Crippen LogP) is 2.16. The summed E-state index contributed by atoms with van der Waals surface area (Å²) in [6.45, 7) is 1.59. The second-order valence-corrected chi connectivity index (χ2v) is 7.77. The van der Waals surface area contributed by atoms with Crippen molar-refractivity contribution in [1.82, 2.24) is 25.7 Å². The number of hydrogen-bond acceptors (Lipinski definition) is 6. The third-order valence-electron chi connectivity index (χ3n) is 4.80. The van der Waals surface area contributed by atoms with Crippen LogP contribution in [0.4, 0.5) is 4.79 Å². The Balaban J connectivity index is 1.41. The number of benzene rings is 2. The van der Waals surface area contributed by atoms with Crippen LogP contribution in [0, 0.1) is 0 Å². The molecule has 1 saturated heterocycles. The molecular weight excluding hydrogens is 406 g/mol. The number of nitrogens with zero attached hydrogens (tertiary/aromatic N) is 2. The number of amides is 4. The van der Waals surface area contributed by atoms with Crippen molar-refractivity contribution >= 4 is 40.6 Å². The molecular formula is C20H19N5O4S. The average molecular weight is 425 g/mol. The number of hydrogen-bond donors (Lipinski definition) is 3. The van der Waals surface area contributed by atoms with Crippen LogP contribution in [0.3, 0.4) is 0 Å².